The summed E-state index contributed by atoms with van der Waals surface area (Å²) in [4.78, 5) is 15.0. The van der Waals surface area contributed by atoms with Gasteiger partial charge >= 0.3 is 0 Å². The summed E-state index contributed by atoms with van der Waals surface area (Å²) in [7, 11) is -3.48. The van der Waals surface area contributed by atoms with E-state index in [-0.39, 0.29) is 11.8 Å². The van der Waals surface area contributed by atoms with Crippen molar-refractivity contribution in [3.05, 3.63) is 29.3 Å². The number of benzene rings is 1. The molecule has 3 rings (SSSR count). The molecule has 0 bridgehead atoms. The van der Waals surface area contributed by atoms with Gasteiger partial charge in [0.25, 0.3) is 0 Å². The van der Waals surface area contributed by atoms with Crippen molar-refractivity contribution in [1.29, 1.82) is 0 Å². The zero-order chi connectivity index (χ0) is 18.0. The molecule has 5 nitrogen and oxygen atoms in total. The largest absolute Gasteiger partial charge is 0.342 e. The van der Waals surface area contributed by atoms with Crippen molar-refractivity contribution in [3.63, 3.8) is 0 Å². The summed E-state index contributed by atoms with van der Waals surface area (Å²) in [6.07, 6.45) is 4.63. The summed E-state index contributed by atoms with van der Waals surface area (Å²) < 4.78 is 27.5. The Kier molecular flexibility index (Phi) is 5.49. The van der Waals surface area contributed by atoms with Gasteiger partial charge in [0.05, 0.1) is 4.90 Å². The Bertz CT molecular complexity index is 731. The minimum absolute atomic E-state index is 0.0249. The number of carbonyl (C=O) groups excluding carboxylic acids is 1. The summed E-state index contributed by atoms with van der Waals surface area (Å²) in [5.41, 5.74) is 1.72. The van der Waals surface area contributed by atoms with Crippen molar-refractivity contribution in [2.45, 2.75) is 50.8 Å². The maximum absolute atomic E-state index is 13.0. The van der Waals surface area contributed by atoms with Gasteiger partial charge in [-0.15, -0.1) is 0 Å². The molecule has 2 saturated heterocycles. The summed E-state index contributed by atoms with van der Waals surface area (Å²) >= 11 is 0. The summed E-state index contributed by atoms with van der Waals surface area (Å²) in [6, 6.07) is 5.53. The van der Waals surface area contributed by atoms with Crippen molar-refractivity contribution in [1.82, 2.24) is 9.21 Å². The molecule has 0 saturated carbocycles. The van der Waals surface area contributed by atoms with E-state index in [2.05, 4.69) is 0 Å². The average molecular weight is 365 g/mol. The monoisotopic (exact) mass is 364 g/mol. The lowest BCUT2D eigenvalue weighted by molar-refractivity contribution is -0.137. The Morgan fingerprint density at radius 3 is 2.28 bits per heavy atom. The lowest BCUT2D eigenvalue weighted by atomic mass is 9.95. The second-order valence-corrected chi connectivity index (χ2v) is 9.24. The van der Waals surface area contributed by atoms with Crippen LogP contribution in [0.3, 0.4) is 0 Å². The molecule has 0 aliphatic carbocycles. The minimum Gasteiger partial charge on any atom is -0.342 e. The van der Waals surface area contributed by atoms with Crippen LogP contribution < -0.4 is 0 Å². The van der Waals surface area contributed by atoms with Gasteiger partial charge in [0.1, 0.15) is 0 Å². The Morgan fingerprint density at radius 2 is 1.64 bits per heavy atom. The number of carbonyl (C=O) groups is 1. The predicted molar refractivity (Wildman–Crippen MR) is 97.8 cm³/mol. The number of nitrogens with zero attached hydrogens (tertiary/aromatic N) is 2. The van der Waals surface area contributed by atoms with Gasteiger partial charge < -0.3 is 4.90 Å². The molecule has 0 unspecified atom stereocenters. The fraction of sp³-hybridized carbons (Fsp3) is 0.632. The van der Waals surface area contributed by atoms with Gasteiger partial charge in [0, 0.05) is 32.1 Å². The minimum atomic E-state index is -3.48. The van der Waals surface area contributed by atoms with Crippen LogP contribution in [0.1, 0.15) is 43.2 Å². The van der Waals surface area contributed by atoms with E-state index in [1.54, 1.807) is 10.4 Å². The van der Waals surface area contributed by atoms with Gasteiger partial charge in [0.2, 0.25) is 15.9 Å². The molecular weight excluding hydrogens is 336 g/mol. The topological polar surface area (TPSA) is 57.7 Å². The molecule has 0 radical (unpaired) electrons. The SMILES string of the molecule is Cc1ccc(C)c(S(=O)(=O)N2CCC(C(=O)N3CCCCC3)CC2)c1. The van der Waals surface area contributed by atoms with Crippen LogP contribution in [0.25, 0.3) is 0 Å². The Balaban J connectivity index is 1.67. The van der Waals surface area contributed by atoms with Crippen LogP contribution in [0.5, 0.6) is 0 Å². The summed E-state index contributed by atoms with van der Waals surface area (Å²) in [6.45, 7) is 6.32. The number of likely N-dealkylation sites (tertiary alicyclic amines) is 1. The van der Waals surface area contributed by atoms with Crippen molar-refractivity contribution in [2.75, 3.05) is 26.2 Å². The van der Waals surface area contributed by atoms with Crippen LogP contribution in [0, 0.1) is 19.8 Å². The van der Waals surface area contributed by atoms with Gasteiger partial charge in [-0.05, 0) is 63.1 Å². The highest BCUT2D eigenvalue weighted by Crippen LogP contribution is 2.27. The molecular formula is C19H28N2O3S. The fourth-order valence-corrected chi connectivity index (χ4v) is 5.62. The average Bonchev–Trinajstić information content (AvgIpc) is 2.64. The fourth-order valence-electron chi connectivity index (χ4n) is 3.84. The van der Waals surface area contributed by atoms with Crippen LogP contribution in [-0.4, -0.2) is 49.7 Å². The van der Waals surface area contributed by atoms with Crippen molar-refractivity contribution < 1.29 is 13.2 Å². The molecule has 0 atom stereocenters. The molecule has 0 N–H and O–H groups in total. The van der Waals surface area contributed by atoms with Crippen LogP contribution in [-0.2, 0) is 14.8 Å². The zero-order valence-electron chi connectivity index (χ0n) is 15.2. The Morgan fingerprint density at radius 1 is 1.00 bits per heavy atom. The Labute approximate surface area is 151 Å². The molecule has 1 aromatic rings. The van der Waals surface area contributed by atoms with Crippen LogP contribution in [0.15, 0.2) is 23.1 Å². The zero-order valence-corrected chi connectivity index (χ0v) is 16.0. The van der Waals surface area contributed by atoms with Gasteiger partial charge in [-0.2, -0.15) is 4.31 Å². The lowest BCUT2D eigenvalue weighted by Crippen LogP contribution is -2.45. The van der Waals surface area contributed by atoms with E-state index in [1.807, 2.05) is 30.9 Å². The number of hydrogen-bond donors (Lipinski definition) is 0. The van der Waals surface area contributed by atoms with E-state index in [0.717, 1.165) is 37.1 Å². The van der Waals surface area contributed by atoms with Gasteiger partial charge in [-0.3, -0.25) is 4.79 Å². The smallest absolute Gasteiger partial charge is 0.243 e. The summed E-state index contributed by atoms with van der Waals surface area (Å²) in [5, 5.41) is 0. The van der Waals surface area contributed by atoms with Crippen LogP contribution in [0.4, 0.5) is 0 Å². The molecule has 6 heteroatoms. The van der Waals surface area contributed by atoms with E-state index < -0.39 is 10.0 Å². The molecule has 2 aliphatic rings. The van der Waals surface area contributed by atoms with Crippen molar-refractivity contribution in [3.8, 4) is 0 Å². The van der Waals surface area contributed by atoms with E-state index in [1.165, 1.54) is 6.42 Å². The molecule has 1 amide bonds. The van der Waals surface area contributed by atoms with Crippen LogP contribution in [0.2, 0.25) is 0 Å². The summed E-state index contributed by atoms with van der Waals surface area (Å²) in [5.74, 6) is 0.201. The third-order valence-corrected chi connectivity index (χ3v) is 7.47. The second kappa shape index (κ2) is 7.46. The predicted octanol–water partition coefficient (Wildman–Crippen LogP) is 2.72. The quantitative estimate of drug-likeness (QED) is 0.829. The number of hydrogen-bond acceptors (Lipinski definition) is 3. The molecule has 2 heterocycles. The first-order valence-corrected chi connectivity index (χ1v) is 10.7. The van der Waals surface area contributed by atoms with Crippen LogP contribution >= 0.6 is 0 Å². The standard InChI is InChI=1S/C19H28N2O3S/c1-15-6-7-16(2)18(14-15)25(23,24)21-12-8-17(9-13-21)19(22)20-10-4-3-5-11-20/h6-7,14,17H,3-5,8-13H2,1-2H3. The highest BCUT2D eigenvalue weighted by atomic mass is 32.2. The number of sulfonamides is 1. The van der Waals surface area contributed by atoms with E-state index >= 15 is 0 Å². The number of piperidine rings is 2. The molecule has 25 heavy (non-hydrogen) atoms. The second-order valence-electron chi connectivity index (χ2n) is 7.33. The van der Waals surface area contributed by atoms with Gasteiger partial charge in [0.15, 0.2) is 0 Å². The molecule has 1 aromatic carbocycles. The molecule has 2 fully saturated rings. The number of rotatable bonds is 3. The maximum Gasteiger partial charge on any atom is 0.243 e. The van der Waals surface area contributed by atoms with E-state index in [4.69, 9.17) is 0 Å². The number of amides is 1. The first-order chi connectivity index (χ1) is 11.9. The lowest BCUT2D eigenvalue weighted by Gasteiger charge is -2.35. The van der Waals surface area contributed by atoms with E-state index in [0.29, 0.717) is 30.8 Å². The Hall–Kier alpha value is -1.40. The first kappa shape index (κ1) is 18.4. The van der Waals surface area contributed by atoms with Gasteiger partial charge in [-0.1, -0.05) is 12.1 Å². The molecule has 2 aliphatic heterocycles. The van der Waals surface area contributed by atoms with Crippen molar-refractivity contribution >= 4 is 15.9 Å². The van der Waals surface area contributed by atoms with Crippen molar-refractivity contribution in [2.24, 2.45) is 5.92 Å². The maximum atomic E-state index is 13.0. The third kappa shape index (κ3) is 3.90. The number of aryl methyl sites for hydroxylation is 2. The molecule has 138 valence electrons. The normalized spacial score (nSPS) is 20.6. The van der Waals surface area contributed by atoms with E-state index in [9.17, 15) is 13.2 Å². The van der Waals surface area contributed by atoms with Gasteiger partial charge in [-0.25, -0.2) is 8.42 Å². The highest BCUT2D eigenvalue weighted by Gasteiger charge is 2.34. The molecule has 0 spiro atoms. The molecule has 0 aromatic heterocycles. The third-order valence-electron chi connectivity index (χ3n) is 5.43. The first-order valence-electron chi connectivity index (χ1n) is 9.26. The highest BCUT2D eigenvalue weighted by molar-refractivity contribution is 7.89.